The van der Waals surface area contributed by atoms with Crippen LogP contribution in [0.5, 0.6) is 0 Å². The first kappa shape index (κ1) is 18.5. The molecular formula is C17H14N4O5S. The molecule has 0 amide bonds. The monoisotopic (exact) mass is 386 g/mol. The zero-order valence-corrected chi connectivity index (χ0v) is 15.2. The second kappa shape index (κ2) is 7.96. The predicted molar refractivity (Wildman–Crippen MR) is 96.2 cm³/mol. The van der Waals surface area contributed by atoms with Crippen LogP contribution in [0.4, 0.5) is 5.69 Å². The SMILES string of the molecule is CSc1ncccc1C(=O)O[C@H](C)c1nnc(-c2ccc([N+](=O)[O-])cc2)o1. The van der Waals surface area contributed by atoms with Crippen molar-refractivity contribution in [2.75, 3.05) is 6.26 Å². The number of nitro benzene ring substituents is 1. The van der Waals surface area contributed by atoms with Crippen LogP contribution in [0.1, 0.15) is 29.3 Å². The number of thioether (sulfide) groups is 1. The first-order valence-electron chi connectivity index (χ1n) is 7.78. The third-order valence-electron chi connectivity index (χ3n) is 3.58. The van der Waals surface area contributed by atoms with Crippen molar-refractivity contribution in [1.82, 2.24) is 15.2 Å². The molecule has 1 atom stereocenters. The van der Waals surface area contributed by atoms with Gasteiger partial charge in [-0.05, 0) is 37.4 Å². The Balaban J connectivity index is 1.74. The van der Waals surface area contributed by atoms with E-state index in [9.17, 15) is 14.9 Å². The first-order valence-corrected chi connectivity index (χ1v) is 9.00. The van der Waals surface area contributed by atoms with Crippen molar-refractivity contribution in [2.45, 2.75) is 18.1 Å². The van der Waals surface area contributed by atoms with Gasteiger partial charge in [-0.1, -0.05) is 0 Å². The van der Waals surface area contributed by atoms with E-state index >= 15 is 0 Å². The summed E-state index contributed by atoms with van der Waals surface area (Å²) in [6.45, 7) is 1.61. The van der Waals surface area contributed by atoms with Gasteiger partial charge in [-0.2, -0.15) is 0 Å². The van der Waals surface area contributed by atoms with E-state index in [1.807, 2.05) is 6.26 Å². The molecule has 0 spiro atoms. The summed E-state index contributed by atoms with van der Waals surface area (Å²) in [6.07, 6.45) is 2.64. The molecule has 10 heteroatoms. The normalized spacial score (nSPS) is 11.8. The van der Waals surface area contributed by atoms with Gasteiger partial charge < -0.3 is 9.15 Å². The molecule has 0 radical (unpaired) electrons. The molecular weight excluding hydrogens is 372 g/mol. The number of nitro groups is 1. The lowest BCUT2D eigenvalue weighted by Gasteiger charge is -2.10. The van der Waals surface area contributed by atoms with Gasteiger partial charge in [0.15, 0.2) is 6.10 Å². The molecule has 0 saturated carbocycles. The highest BCUT2D eigenvalue weighted by Gasteiger charge is 2.22. The number of pyridine rings is 1. The van der Waals surface area contributed by atoms with Gasteiger partial charge in [0, 0.05) is 23.9 Å². The molecule has 2 aromatic heterocycles. The Morgan fingerprint density at radius 1 is 1.26 bits per heavy atom. The van der Waals surface area contributed by atoms with Crippen LogP contribution in [0, 0.1) is 10.1 Å². The summed E-state index contributed by atoms with van der Waals surface area (Å²) >= 11 is 1.34. The van der Waals surface area contributed by atoms with Gasteiger partial charge in [-0.3, -0.25) is 10.1 Å². The Bertz CT molecular complexity index is 973. The van der Waals surface area contributed by atoms with Gasteiger partial charge >= 0.3 is 5.97 Å². The number of esters is 1. The largest absolute Gasteiger partial charge is 0.449 e. The number of nitrogens with zero attached hydrogens (tertiary/aromatic N) is 4. The number of aromatic nitrogens is 3. The topological polar surface area (TPSA) is 121 Å². The summed E-state index contributed by atoms with van der Waals surface area (Å²) in [4.78, 5) is 26.7. The van der Waals surface area contributed by atoms with Gasteiger partial charge in [0.2, 0.25) is 5.89 Å². The Morgan fingerprint density at radius 3 is 2.67 bits per heavy atom. The van der Waals surface area contributed by atoms with E-state index in [0.717, 1.165) is 0 Å². The fourth-order valence-electron chi connectivity index (χ4n) is 2.22. The smallest absolute Gasteiger partial charge is 0.341 e. The van der Waals surface area contributed by atoms with Crippen LogP contribution >= 0.6 is 11.8 Å². The number of ether oxygens (including phenoxy) is 1. The molecule has 1 aromatic carbocycles. The quantitative estimate of drug-likeness (QED) is 0.270. The van der Waals surface area contributed by atoms with Crippen molar-refractivity contribution < 1.29 is 18.9 Å². The highest BCUT2D eigenvalue weighted by Crippen LogP contribution is 2.26. The van der Waals surface area contributed by atoms with Gasteiger partial charge in [-0.15, -0.1) is 22.0 Å². The summed E-state index contributed by atoms with van der Waals surface area (Å²) in [5.74, 6) is -0.254. The molecule has 0 saturated heterocycles. The van der Waals surface area contributed by atoms with Crippen molar-refractivity contribution in [3.63, 3.8) is 0 Å². The third kappa shape index (κ3) is 4.11. The summed E-state index contributed by atoms with van der Waals surface area (Å²) in [5, 5.41) is 19.1. The molecule has 0 bridgehead atoms. The van der Waals surface area contributed by atoms with Crippen molar-refractivity contribution in [1.29, 1.82) is 0 Å². The second-order valence-corrected chi connectivity index (χ2v) is 6.15. The lowest BCUT2D eigenvalue weighted by molar-refractivity contribution is -0.384. The van der Waals surface area contributed by atoms with Crippen molar-refractivity contribution in [3.05, 3.63) is 64.2 Å². The van der Waals surface area contributed by atoms with Gasteiger partial charge in [0.25, 0.3) is 11.6 Å². The van der Waals surface area contributed by atoms with Crippen molar-refractivity contribution in [3.8, 4) is 11.5 Å². The minimum atomic E-state index is -0.772. The average molecular weight is 386 g/mol. The Labute approximate surface area is 157 Å². The Kier molecular flexibility index (Phi) is 5.46. The predicted octanol–water partition coefficient (Wildman–Crippen LogP) is 3.68. The Hall–Kier alpha value is -3.27. The van der Waals surface area contributed by atoms with Crippen LogP contribution in [-0.4, -0.2) is 32.3 Å². The van der Waals surface area contributed by atoms with Crippen LogP contribution in [0.15, 0.2) is 52.0 Å². The minimum absolute atomic E-state index is 0.0399. The highest BCUT2D eigenvalue weighted by molar-refractivity contribution is 7.98. The van der Waals surface area contributed by atoms with Crippen LogP contribution in [0.2, 0.25) is 0 Å². The number of carbonyl (C=O) groups is 1. The van der Waals surface area contributed by atoms with Crippen LogP contribution in [0.3, 0.4) is 0 Å². The summed E-state index contributed by atoms with van der Waals surface area (Å²) in [7, 11) is 0. The van der Waals surface area contributed by atoms with Crippen LogP contribution in [-0.2, 0) is 4.74 Å². The molecule has 138 valence electrons. The number of rotatable bonds is 6. The number of hydrogen-bond acceptors (Lipinski definition) is 9. The second-order valence-electron chi connectivity index (χ2n) is 5.36. The highest BCUT2D eigenvalue weighted by atomic mass is 32.2. The van der Waals surface area contributed by atoms with E-state index in [1.165, 1.54) is 36.0 Å². The number of carbonyl (C=O) groups excluding carboxylic acids is 1. The lowest BCUT2D eigenvalue weighted by Crippen LogP contribution is -2.11. The zero-order chi connectivity index (χ0) is 19.4. The van der Waals surface area contributed by atoms with E-state index in [4.69, 9.17) is 9.15 Å². The number of non-ortho nitro benzene ring substituents is 1. The minimum Gasteiger partial charge on any atom is -0.449 e. The van der Waals surface area contributed by atoms with Gasteiger partial charge in [0.05, 0.1) is 10.5 Å². The lowest BCUT2D eigenvalue weighted by atomic mass is 10.2. The standard InChI is InChI=1S/C17H14N4O5S/c1-10(25-17(22)13-4-3-9-18-16(13)27-2)14-19-20-15(26-14)11-5-7-12(8-6-11)21(23)24/h3-10H,1-2H3/t10-/m1/s1. The summed E-state index contributed by atoms with van der Waals surface area (Å²) in [6, 6.07) is 8.98. The molecule has 3 rings (SSSR count). The fourth-order valence-corrected chi connectivity index (χ4v) is 2.76. The van der Waals surface area contributed by atoms with E-state index in [0.29, 0.717) is 16.2 Å². The van der Waals surface area contributed by atoms with E-state index in [1.54, 1.807) is 25.3 Å². The first-order chi connectivity index (χ1) is 13.0. The third-order valence-corrected chi connectivity index (χ3v) is 4.29. The van der Waals surface area contributed by atoms with E-state index < -0.39 is 17.0 Å². The molecule has 27 heavy (non-hydrogen) atoms. The maximum absolute atomic E-state index is 12.4. The number of benzene rings is 1. The van der Waals surface area contributed by atoms with Crippen molar-refractivity contribution >= 4 is 23.4 Å². The molecule has 2 heterocycles. The molecule has 0 fully saturated rings. The molecule has 9 nitrogen and oxygen atoms in total. The van der Waals surface area contributed by atoms with Crippen LogP contribution in [0.25, 0.3) is 11.5 Å². The van der Waals surface area contributed by atoms with E-state index in [-0.39, 0.29) is 17.5 Å². The summed E-state index contributed by atoms with van der Waals surface area (Å²) < 4.78 is 10.9. The molecule has 0 N–H and O–H groups in total. The van der Waals surface area contributed by atoms with Gasteiger partial charge in [-0.25, -0.2) is 9.78 Å². The average Bonchev–Trinajstić information content (AvgIpc) is 3.18. The van der Waals surface area contributed by atoms with E-state index in [2.05, 4.69) is 15.2 Å². The molecule has 0 aliphatic rings. The molecule has 0 aliphatic heterocycles. The van der Waals surface area contributed by atoms with Crippen LogP contribution < -0.4 is 0 Å². The maximum atomic E-state index is 12.4. The molecule has 3 aromatic rings. The number of hydrogen-bond donors (Lipinski definition) is 0. The maximum Gasteiger partial charge on any atom is 0.341 e. The molecule has 0 unspecified atom stereocenters. The Morgan fingerprint density at radius 2 is 2.00 bits per heavy atom. The van der Waals surface area contributed by atoms with Gasteiger partial charge in [0.1, 0.15) is 5.03 Å². The fraction of sp³-hybridized carbons (Fsp3) is 0.176. The summed E-state index contributed by atoms with van der Waals surface area (Å²) in [5.41, 5.74) is 0.837. The molecule has 0 aliphatic carbocycles. The van der Waals surface area contributed by atoms with Crippen molar-refractivity contribution in [2.24, 2.45) is 0 Å². The zero-order valence-electron chi connectivity index (χ0n) is 14.4.